The van der Waals surface area contributed by atoms with Crippen molar-refractivity contribution in [1.29, 1.82) is 0 Å². The van der Waals surface area contributed by atoms with Gasteiger partial charge in [0.05, 0.1) is 15.9 Å². The summed E-state index contributed by atoms with van der Waals surface area (Å²) in [5, 5.41) is 25.4. The number of nitro benzene ring substituents is 2. The maximum atomic E-state index is 10.9. The van der Waals surface area contributed by atoms with Crippen LogP contribution in [0.25, 0.3) is 0 Å². The highest BCUT2D eigenvalue weighted by atomic mass is 16.6. The van der Waals surface area contributed by atoms with E-state index in [1.165, 1.54) is 12.1 Å². The van der Waals surface area contributed by atoms with Crippen molar-refractivity contribution in [2.45, 2.75) is 26.7 Å². The number of hydrogen-bond acceptors (Lipinski definition) is 6. The third-order valence-corrected chi connectivity index (χ3v) is 2.37. The lowest BCUT2D eigenvalue weighted by atomic mass is 10.2. The maximum absolute atomic E-state index is 10.9. The molecule has 0 spiro atoms. The molecule has 0 aliphatic rings. The Kier molecular flexibility index (Phi) is 4.92. The van der Waals surface area contributed by atoms with Gasteiger partial charge in [0.2, 0.25) is 0 Å². The van der Waals surface area contributed by atoms with Gasteiger partial charge in [-0.1, -0.05) is 13.3 Å². The average Bonchev–Trinajstić information content (AvgIpc) is 2.36. The van der Waals surface area contributed by atoms with Gasteiger partial charge in [-0.2, -0.15) is 5.10 Å². The zero-order valence-corrected chi connectivity index (χ0v) is 10.6. The lowest BCUT2D eigenvalue weighted by Gasteiger charge is -2.03. The summed E-state index contributed by atoms with van der Waals surface area (Å²) in [7, 11) is 0. The van der Waals surface area contributed by atoms with Gasteiger partial charge in [-0.3, -0.25) is 25.7 Å². The fourth-order valence-electron chi connectivity index (χ4n) is 1.45. The van der Waals surface area contributed by atoms with Gasteiger partial charge in [-0.15, -0.1) is 0 Å². The Morgan fingerprint density at radius 1 is 1.32 bits per heavy atom. The van der Waals surface area contributed by atoms with Crippen molar-refractivity contribution in [2.75, 3.05) is 5.43 Å². The number of nitrogens with zero attached hydrogens (tertiary/aromatic N) is 3. The van der Waals surface area contributed by atoms with E-state index in [4.69, 9.17) is 0 Å². The molecule has 19 heavy (non-hydrogen) atoms. The normalized spacial score (nSPS) is 11.2. The molecule has 8 nitrogen and oxygen atoms in total. The van der Waals surface area contributed by atoms with Crippen LogP contribution < -0.4 is 5.43 Å². The van der Waals surface area contributed by atoms with Crippen LogP contribution in [-0.4, -0.2) is 15.6 Å². The van der Waals surface area contributed by atoms with Gasteiger partial charge in [0.1, 0.15) is 5.69 Å². The third-order valence-electron chi connectivity index (χ3n) is 2.37. The molecule has 1 rings (SSSR count). The predicted octanol–water partition coefficient (Wildman–Crippen LogP) is 3.09. The predicted molar refractivity (Wildman–Crippen MR) is 71.4 cm³/mol. The minimum Gasteiger partial charge on any atom is -0.272 e. The molecule has 0 aliphatic carbocycles. The Balaban J connectivity index is 3.04. The number of non-ortho nitro benzene ring substituents is 1. The zero-order valence-electron chi connectivity index (χ0n) is 10.6. The second-order valence-corrected chi connectivity index (χ2v) is 3.92. The van der Waals surface area contributed by atoms with Gasteiger partial charge in [-0.25, -0.2) is 0 Å². The maximum Gasteiger partial charge on any atom is 0.301 e. The van der Waals surface area contributed by atoms with Gasteiger partial charge in [0, 0.05) is 11.8 Å². The van der Waals surface area contributed by atoms with E-state index in [0.717, 1.165) is 24.6 Å². The number of hydrogen-bond donors (Lipinski definition) is 1. The van der Waals surface area contributed by atoms with Crippen LogP contribution in [0.5, 0.6) is 0 Å². The van der Waals surface area contributed by atoms with Crippen LogP contribution in [0, 0.1) is 20.2 Å². The molecule has 0 fully saturated rings. The summed E-state index contributed by atoms with van der Waals surface area (Å²) in [6.07, 6.45) is 1.69. The van der Waals surface area contributed by atoms with E-state index in [-0.39, 0.29) is 17.1 Å². The molecule has 1 aromatic carbocycles. The van der Waals surface area contributed by atoms with E-state index in [0.29, 0.717) is 0 Å². The van der Waals surface area contributed by atoms with Gasteiger partial charge in [-0.05, 0) is 19.4 Å². The molecule has 1 aromatic rings. The van der Waals surface area contributed by atoms with E-state index in [9.17, 15) is 20.2 Å². The van der Waals surface area contributed by atoms with Crippen molar-refractivity contribution in [2.24, 2.45) is 5.10 Å². The molecule has 0 aliphatic heterocycles. The first kappa shape index (κ1) is 14.6. The van der Waals surface area contributed by atoms with Crippen molar-refractivity contribution in [3.63, 3.8) is 0 Å². The summed E-state index contributed by atoms with van der Waals surface area (Å²) >= 11 is 0. The largest absolute Gasteiger partial charge is 0.301 e. The van der Waals surface area contributed by atoms with E-state index in [1.807, 2.05) is 6.92 Å². The summed E-state index contributed by atoms with van der Waals surface area (Å²) in [5.74, 6) is 0. The summed E-state index contributed by atoms with van der Waals surface area (Å²) < 4.78 is 0. The summed E-state index contributed by atoms with van der Waals surface area (Å²) in [6, 6.07) is 3.38. The molecule has 0 aromatic heterocycles. The quantitative estimate of drug-likeness (QED) is 0.483. The topological polar surface area (TPSA) is 111 Å². The molecular formula is C11H14N4O4. The molecule has 0 atom stereocenters. The molecule has 102 valence electrons. The molecule has 8 heteroatoms. The van der Waals surface area contributed by atoms with Crippen LogP contribution in [0.1, 0.15) is 26.7 Å². The molecular weight excluding hydrogens is 252 g/mol. The summed E-state index contributed by atoms with van der Waals surface area (Å²) in [6.45, 7) is 3.79. The molecule has 0 bridgehead atoms. The number of benzene rings is 1. The third kappa shape index (κ3) is 4.02. The number of rotatable bonds is 6. The minimum absolute atomic E-state index is 0.131. The van der Waals surface area contributed by atoms with Crippen LogP contribution in [0.2, 0.25) is 0 Å². The van der Waals surface area contributed by atoms with Crippen molar-refractivity contribution < 1.29 is 9.85 Å². The lowest BCUT2D eigenvalue weighted by Crippen LogP contribution is -2.01. The minimum atomic E-state index is -0.681. The van der Waals surface area contributed by atoms with Crippen molar-refractivity contribution >= 4 is 22.8 Å². The highest BCUT2D eigenvalue weighted by Crippen LogP contribution is 2.28. The molecule has 0 radical (unpaired) electrons. The van der Waals surface area contributed by atoms with Gasteiger partial charge >= 0.3 is 5.69 Å². The molecule has 0 amide bonds. The molecule has 0 heterocycles. The van der Waals surface area contributed by atoms with Crippen LogP contribution in [0.15, 0.2) is 23.3 Å². The number of nitro groups is 2. The van der Waals surface area contributed by atoms with Crippen LogP contribution in [-0.2, 0) is 0 Å². The van der Waals surface area contributed by atoms with E-state index >= 15 is 0 Å². The van der Waals surface area contributed by atoms with Gasteiger partial charge in [0.15, 0.2) is 0 Å². The van der Waals surface area contributed by atoms with Crippen molar-refractivity contribution in [3.8, 4) is 0 Å². The molecule has 1 N–H and O–H groups in total. The second-order valence-electron chi connectivity index (χ2n) is 3.92. The summed E-state index contributed by atoms with van der Waals surface area (Å²) in [5.41, 5.74) is 2.80. The standard InChI is InChI=1S/C11H14N4O4/c1-3-4-8(2)12-13-10-6-5-9(14(16)17)7-11(10)15(18)19/h5-7,13H,3-4H2,1-2H3. The SMILES string of the molecule is CCCC(C)=NNc1ccc([N+](=O)[O-])cc1[N+](=O)[O-]. The van der Waals surface area contributed by atoms with Gasteiger partial charge in [0.25, 0.3) is 5.69 Å². The van der Waals surface area contributed by atoms with Crippen molar-refractivity contribution in [3.05, 3.63) is 38.4 Å². The first-order valence-electron chi connectivity index (χ1n) is 5.67. The first-order chi connectivity index (χ1) is 8.95. The van der Waals surface area contributed by atoms with Gasteiger partial charge < -0.3 is 0 Å². The Morgan fingerprint density at radius 3 is 2.53 bits per heavy atom. The fraction of sp³-hybridized carbons (Fsp3) is 0.364. The van der Waals surface area contributed by atoms with E-state index in [2.05, 4.69) is 10.5 Å². The first-order valence-corrected chi connectivity index (χ1v) is 5.67. The van der Waals surface area contributed by atoms with Crippen molar-refractivity contribution in [1.82, 2.24) is 0 Å². The van der Waals surface area contributed by atoms with Crippen LogP contribution in [0.4, 0.5) is 17.1 Å². The monoisotopic (exact) mass is 266 g/mol. The Bertz CT molecular complexity index is 527. The number of anilines is 1. The van der Waals surface area contributed by atoms with E-state index < -0.39 is 9.85 Å². The Labute approximate surface area is 109 Å². The second kappa shape index (κ2) is 6.43. The van der Waals surface area contributed by atoms with Crippen LogP contribution >= 0.6 is 0 Å². The smallest absolute Gasteiger partial charge is 0.272 e. The average molecular weight is 266 g/mol. The van der Waals surface area contributed by atoms with E-state index in [1.54, 1.807) is 6.92 Å². The number of nitrogens with one attached hydrogen (secondary N) is 1. The highest BCUT2D eigenvalue weighted by molar-refractivity contribution is 5.83. The Morgan fingerprint density at radius 2 is 2.00 bits per heavy atom. The highest BCUT2D eigenvalue weighted by Gasteiger charge is 2.19. The zero-order chi connectivity index (χ0) is 14.4. The Hall–Kier alpha value is -2.51. The lowest BCUT2D eigenvalue weighted by molar-refractivity contribution is -0.393. The van der Waals surface area contributed by atoms with Crippen LogP contribution in [0.3, 0.4) is 0 Å². The number of hydrazone groups is 1. The molecule has 0 saturated heterocycles. The fourth-order valence-corrected chi connectivity index (χ4v) is 1.45. The molecule has 0 saturated carbocycles. The summed E-state index contributed by atoms with van der Waals surface area (Å²) in [4.78, 5) is 20.1. The molecule has 0 unspecified atom stereocenters.